The Balaban J connectivity index is 1.80. The van der Waals surface area contributed by atoms with Gasteiger partial charge in [-0.05, 0) is 30.3 Å². The second-order valence-corrected chi connectivity index (χ2v) is 7.99. The van der Waals surface area contributed by atoms with Gasteiger partial charge in [-0.25, -0.2) is 4.98 Å². The van der Waals surface area contributed by atoms with Crippen molar-refractivity contribution in [3.8, 4) is 10.6 Å². The monoisotopic (exact) mass is 351 g/mol. The van der Waals surface area contributed by atoms with Crippen LogP contribution in [0.3, 0.4) is 0 Å². The number of hydrogen-bond acceptors (Lipinski definition) is 3. The van der Waals surface area contributed by atoms with Gasteiger partial charge in [0.05, 0.1) is 10.2 Å². The molecule has 1 nitrogen and oxygen atoms in total. The maximum Gasteiger partial charge on any atom is 0.124 e. The van der Waals surface area contributed by atoms with Crippen LogP contribution in [0, 0.1) is 0 Å². The van der Waals surface area contributed by atoms with E-state index in [1.165, 1.54) is 30.4 Å². The fourth-order valence-corrected chi connectivity index (χ4v) is 5.22. The zero-order chi connectivity index (χ0) is 15.4. The lowest BCUT2D eigenvalue weighted by atomic mass is 10.1. The molecule has 0 radical (unpaired) electrons. The first kappa shape index (κ1) is 13.5. The second-order valence-electron chi connectivity index (χ2n) is 5.44. The third kappa shape index (κ3) is 2.16. The highest BCUT2D eigenvalue weighted by molar-refractivity contribution is 7.26. The van der Waals surface area contributed by atoms with E-state index in [0.29, 0.717) is 0 Å². The fourth-order valence-electron chi connectivity index (χ4n) is 2.87. The molecule has 5 rings (SSSR count). The van der Waals surface area contributed by atoms with Gasteiger partial charge in [0, 0.05) is 30.8 Å². The van der Waals surface area contributed by atoms with Gasteiger partial charge in [-0.2, -0.15) is 0 Å². The number of nitrogens with zero attached hydrogens (tertiary/aromatic N) is 1. The summed E-state index contributed by atoms with van der Waals surface area (Å²) >= 11 is 9.73. The molecule has 0 bridgehead atoms. The number of hydrogen-bond donors (Lipinski definition) is 0. The second kappa shape index (κ2) is 5.03. The molecular formula is C19H10ClNS2. The summed E-state index contributed by atoms with van der Waals surface area (Å²) in [5.74, 6) is 0. The van der Waals surface area contributed by atoms with Gasteiger partial charge in [0.2, 0.25) is 0 Å². The van der Waals surface area contributed by atoms with Crippen LogP contribution in [0.25, 0.3) is 41.0 Å². The summed E-state index contributed by atoms with van der Waals surface area (Å²) < 4.78 is 3.79. The number of rotatable bonds is 1. The molecule has 0 fully saturated rings. The van der Waals surface area contributed by atoms with Crippen molar-refractivity contribution >= 4 is 64.7 Å². The van der Waals surface area contributed by atoms with Crippen molar-refractivity contribution in [2.75, 3.05) is 0 Å². The van der Waals surface area contributed by atoms with Crippen LogP contribution in [-0.2, 0) is 0 Å². The van der Waals surface area contributed by atoms with Gasteiger partial charge in [0.15, 0.2) is 0 Å². The summed E-state index contributed by atoms with van der Waals surface area (Å²) in [7, 11) is 0. The highest BCUT2D eigenvalue weighted by Gasteiger charge is 2.11. The van der Waals surface area contributed by atoms with Crippen molar-refractivity contribution in [3.63, 3.8) is 0 Å². The van der Waals surface area contributed by atoms with Crippen LogP contribution >= 0.6 is 34.3 Å². The van der Waals surface area contributed by atoms with Gasteiger partial charge < -0.3 is 0 Å². The maximum absolute atomic E-state index is 6.17. The molecule has 0 atom stereocenters. The molecule has 0 aliphatic carbocycles. The first-order valence-corrected chi connectivity index (χ1v) is 9.27. The van der Waals surface area contributed by atoms with Crippen molar-refractivity contribution < 1.29 is 0 Å². The summed E-state index contributed by atoms with van der Waals surface area (Å²) in [5.41, 5.74) is 2.23. The topological polar surface area (TPSA) is 12.9 Å². The number of benzene rings is 3. The summed E-state index contributed by atoms with van der Waals surface area (Å²) in [5, 5.41) is 4.31. The Kier molecular flexibility index (Phi) is 2.95. The summed E-state index contributed by atoms with van der Waals surface area (Å²) in [6.45, 7) is 0. The van der Waals surface area contributed by atoms with Gasteiger partial charge >= 0.3 is 0 Å². The van der Waals surface area contributed by atoms with Gasteiger partial charge in [-0.3, -0.25) is 0 Å². The molecule has 23 heavy (non-hydrogen) atoms. The molecule has 0 spiro atoms. The van der Waals surface area contributed by atoms with E-state index in [0.717, 1.165) is 15.5 Å². The average Bonchev–Trinajstić information content (AvgIpc) is 3.14. The first-order valence-electron chi connectivity index (χ1n) is 7.26. The van der Waals surface area contributed by atoms with Crippen LogP contribution in [0.4, 0.5) is 0 Å². The number of thiophene rings is 1. The van der Waals surface area contributed by atoms with Gasteiger partial charge in [0.1, 0.15) is 5.01 Å². The summed E-state index contributed by atoms with van der Waals surface area (Å²) in [6.07, 6.45) is 0. The number of halogens is 1. The minimum absolute atomic E-state index is 0.778. The fraction of sp³-hybridized carbons (Fsp3) is 0. The van der Waals surface area contributed by atoms with Crippen LogP contribution in [0.2, 0.25) is 5.02 Å². The quantitative estimate of drug-likeness (QED) is 0.317. The van der Waals surface area contributed by atoms with Crippen LogP contribution in [0.15, 0.2) is 60.7 Å². The number of aromatic nitrogens is 1. The molecular weight excluding hydrogens is 342 g/mol. The molecule has 0 unspecified atom stereocenters. The van der Waals surface area contributed by atoms with E-state index in [-0.39, 0.29) is 0 Å². The van der Waals surface area contributed by atoms with Gasteiger partial charge in [0.25, 0.3) is 0 Å². The smallest absolute Gasteiger partial charge is 0.124 e. The minimum atomic E-state index is 0.778. The van der Waals surface area contributed by atoms with E-state index in [1.807, 2.05) is 29.5 Å². The lowest BCUT2D eigenvalue weighted by Crippen LogP contribution is -1.74. The Morgan fingerprint density at radius 2 is 1.57 bits per heavy atom. The molecule has 5 aromatic rings. The molecule has 0 saturated carbocycles. The van der Waals surface area contributed by atoms with E-state index in [2.05, 4.69) is 42.5 Å². The average molecular weight is 352 g/mol. The third-order valence-corrected chi connectivity index (χ3v) is 6.40. The molecule has 3 aromatic carbocycles. The first-order chi connectivity index (χ1) is 11.3. The van der Waals surface area contributed by atoms with Crippen LogP contribution in [0.5, 0.6) is 0 Å². The molecule has 2 heterocycles. The van der Waals surface area contributed by atoms with Gasteiger partial charge in [-0.1, -0.05) is 41.9 Å². The molecule has 0 aliphatic rings. The highest BCUT2D eigenvalue weighted by Crippen LogP contribution is 2.40. The van der Waals surface area contributed by atoms with E-state index in [1.54, 1.807) is 11.3 Å². The van der Waals surface area contributed by atoms with Crippen molar-refractivity contribution in [2.45, 2.75) is 0 Å². The largest absolute Gasteiger partial charge is 0.236 e. The molecule has 0 amide bonds. The Bertz CT molecular complexity index is 1170. The molecule has 110 valence electrons. The Morgan fingerprint density at radius 3 is 2.43 bits per heavy atom. The normalized spacial score (nSPS) is 11.7. The van der Waals surface area contributed by atoms with Crippen molar-refractivity contribution in [3.05, 3.63) is 65.7 Å². The predicted octanol–water partition coefficient (Wildman–Crippen LogP) is 6.98. The lowest BCUT2D eigenvalue weighted by Gasteiger charge is -1.93. The third-order valence-electron chi connectivity index (χ3n) is 3.96. The molecule has 2 aromatic heterocycles. The van der Waals surface area contributed by atoms with Crippen molar-refractivity contribution in [2.24, 2.45) is 0 Å². The van der Waals surface area contributed by atoms with E-state index in [4.69, 9.17) is 16.6 Å². The Morgan fingerprint density at radius 1 is 0.739 bits per heavy atom. The zero-order valence-electron chi connectivity index (χ0n) is 11.9. The minimum Gasteiger partial charge on any atom is -0.236 e. The Hall–Kier alpha value is -1.94. The SMILES string of the molecule is Clc1ccc2sc3cc4sc(-c5ccccc5)nc4cc3c2c1. The standard InChI is InChI=1S/C19H10ClNS2/c20-12-6-7-16-13(8-12)14-9-15-18(10-17(14)22-16)23-19(21-15)11-4-2-1-3-5-11/h1-10H. The van der Waals surface area contributed by atoms with Crippen LogP contribution in [0.1, 0.15) is 0 Å². The molecule has 0 saturated heterocycles. The zero-order valence-corrected chi connectivity index (χ0v) is 14.3. The van der Waals surface area contributed by atoms with E-state index < -0.39 is 0 Å². The Labute approximate surface area is 145 Å². The predicted molar refractivity (Wildman–Crippen MR) is 103 cm³/mol. The number of fused-ring (bicyclic) bond motifs is 4. The van der Waals surface area contributed by atoms with E-state index >= 15 is 0 Å². The van der Waals surface area contributed by atoms with Crippen LogP contribution in [-0.4, -0.2) is 4.98 Å². The molecule has 0 aliphatic heterocycles. The maximum atomic E-state index is 6.17. The van der Waals surface area contributed by atoms with Crippen LogP contribution < -0.4 is 0 Å². The highest BCUT2D eigenvalue weighted by atomic mass is 35.5. The summed E-state index contributed by atoms with van der Waals surface area (Å²) in [4.78, 5) is 4.83. The lowest BCUT2D eigenvalue weighted by molar-refractivity contribution is 1.48. The summed E-state index contributed by atoms with van der Waals surface area (Å²) in [6, 6.07) is 20.9. The molecule has 0 N–H and O–H groups in total. The molecule has 4 heteroatoms. The van der Waals surface area contributed by atoms with Crippen molar-refractivity contribution in [1.82, 2.24) is 4.98 Å². The van der Waals surface area contributed by atoms with Crippen molar-refractivity contribution in [1.29, 1.82) is 0 Å². The van der Waals surface area contributed by atoms with E-state index in [9.17, 15) is 0 Å². The van der Waals surface area contributed by atoms with Gasteiger partial charge in [-0.15, -0.1) is 22.7 Å². The number of thiazole rings is 1.